The molecule has 2 saturated heterocycles. The second kappa shape index (κ2) is 19.6. The summed E-state index contributed by atoms with van der Waals surface area (Å²) in [5, 5.41) is 8.08. The number of esters is 1. The largest absolute Gasteiger partial charge is 0.464 e. The fourth-order valence-electron chi connectivity index (χ4n) is 9.71. The van der Waals surface area contributed by atoms with Gasteiger partial charge in [-0.15, -0.1) is 11.3 Å². The van der Waals surface area contributed by atoms with Crippen molar-refractivity contribution in [2.24, 2.45) is 23.2 Å². The molecule has 0 saturated carbocycles. The van der Waals surface area contributed by atoms with Crippen LogP contribution in [0.4, 0.5) is 4.79 Å². The number of ether oxygens (including phenoxy) is 3. The molecule has 1 unspecified atom stereocenters. The number of pyridine rings is 1. The number of benzene rings is 1. The smallest absolute Gasteiger partial charge is 0.409 e. The van der Waals surface area contributed by atoms with Crippen molar-refractivity contribution in [3.05, 3.63) is 58.2 Å². The molecule has 0 radical (unpaired) electrons. The first kappa shape index (κ1) is 47.6. The number of cyclic esters (lactones) is 1. The van der Waals surface area contributed by atoms with Crippen LogP contribution in [-0.2, 0) is 52.8 Å². The maximum atomic E-state index is 14.6. The number of hydrazine groups is 1. The van der Waals surface area contributed by atoms with Gasteiger partial charge in [-0.05, 0) is 74.8 Å². The van der Waals surface area contributed by atoms with E-state index in [0.29, 0.717) is 43.9 Å². The standard InChI is InChI=1S/C48H64N8O8S/c1-11-55-38-17-16-30-20-32(38)33(42(55)31-14-12-18-49-40(31)29(5)62-9)22-48(6,7)26-64-46(60)35-15-13-19-56(52-35)45(59)36(21-39-50-37(30)25-65-39)51-43(57)41(27(2)3)53(8)44(58)34-24-54(23-28(34)4)47(61)63-10/h12,14,16-18,20,25,27-29,34-36,41,52H,11,13,15,19,21-24,26H2,1-10H3,(H,51,57)/t28-,29-,34+,35-,36-,41?/m0/s1. The molecule has 2 N–H and O–H groups in total. The number of thiazole rings is 1. The zero-order chi connectivity index (χ0) is 46.9. The molecule has 0 spiro atoms. The van der Waals surface area contributed by atoms with E-state index < -0.39 is 53.3 Å². The molecule has 6 heterocycles. The maximum Gasteiger partial charge on any atom is 0.409 e. The highest BCUT2D eigenvalue weighted by Crippen LogP contribution is 2.42. The highest BCUT2D eigenvalue weighted by molar-refractivity contribution is 7.10. The van der Waals surface area contributed by atoms with Gasteiger partial charge in [0.2, 0.25) is 11.8 Å². The molecule has 4 amide bonds. The van der Waals surface area contributed by atoms with E-state index in [1.165, 1.54) is 33.3 Å². The van der Waals surface area contributed by atoms with E-state index in [0.717, 1.165) is 44.7 Å². The fourth-order valence-corrected chi connectivity index (χ4v) is 10.6. The second-order valence-corrected chi connectivity index (χ2v) is 19.8. The van der Waals surface area contributed by atoms with Crippen molar-refractivity contribution in [3.8, 4) is 22.5 Å². The lowest BCUT2D eigenvalue weighted by molar-refractivity contribution is -0.155. The molecule has 3 aliphatic rings. The molecule has 1 aromatic carbocycles. The van der Waals surface area contributed by atoms with Gasteiger partial charge in [-0.1, -0.05) is 40.7 Å². The maximum absolute atomic E-state index is 14.6. The number of methoxy groups -OCH3 is 2. The van der Waals surface area contributed by atoms with Crippen LogP contribution in [0.5, 0.6) is 0 Å². The van der Waals surface area contributed by atoms with Crippen molar-refractivity contribution in [2.45, 2.75) is 105 Å². The van der Waals surface area contributed by atoms with Crippen molar-refractivity contribution in [3.63, 3.8) is 0 Å². The Balaban J connectivity index is 1.27. The number of hydrogen-bond acceptors (Lipinski definition) is 12. The number of aryl methyl sites for hydroxylation is 1. The van der Waals surface area contributed by atoms with Crippen LogP contribution < -0.4 is 10.7 Å². The lowest BCUT2D eigenvalue weighted by Gasteiger charge is -2.37. The number of fused-ring (bicyclic) bond motifs is 6. The van der Waals surface area contributed by atoms with Gasteiger partial charge in [0, 0.05) is 85.8 Å². The lowest BCUT2D eigenvalue weighted by Crippen LogP contribution is -2.62. The van der Waals surface area contributed by atoms with Gasteiger partial charge in [-0.25, -0.2) is 15.2 Å². The average Bonchev–Trinajstić information content (AvgIpc) is 4.01. The molecular weight excluding hydrogens is 849 g/mol. The molecule has 65 heavy (non-hydrogen) atoms. The average molecular weight is 913 g/mol. The number of aromatic nitrogens is 3. The first-order valence-corrected chi connectivity index (χ1v) is 23.6. The highest BCUT2D eigenvalue weighted by atomic mass is 32.1. The monoisotopic (exact) mass is 912 g/mol. The minimum Gasteiger partial charge on any atom is -0.464 e. The molecule has 7 rings (SSSR count). The Labute approximate surface area is 385 Å². The van der Waals surface area contributed by atoms with E-state index in [4.69, 9.17) is 24.2 Å². The van der Waals surface area contributed by atoms with E-state index in [9.17, 15) is 24.0 Å². The zero-order valence-electron chi connectivity index (χ0n) is 39.3. The Morgan fingerprint density at radius 1 is 1.12 bits per heavy atom. The summed E-state index contributed by atoms with van der Waals surface area (Å²) in [6.07, 6.45) is 2.66. The minimum atomic E-state index is -1.09. The number of carbonyl (C=O) groups excluding carboxylic acids is 5. The van der Waals surface area contributed by atoms with E-state index in [1.807, 2.05) is 39.1 Å². The number of nitrogens with zero attached hydrogens (tertiary/aromatic N) is 6. The van der Waals surface area contributed by atoms with Crippen molar-refractivity contribution in [1.82, 2.24) is 40.1 Å². The Morgan fingerprint density at radius 3 is 2.60 bits per heavy atom. The van der Waals surface area contributed by atoms with Crippen molar-refractivity contribution in [1.29, 1.82) is 0 Å². The Kier molecular flexibility index (Phi) is 14.3. The Morgan fingerprint density at radius 2 is 1.89 bits per heavy atom. The van der Waals surface area contributed by atoms with Crippen LogP contribution in [0.15, 0.2) is 41.9 Å². The van der Waals surface area contributed by atoms with Crippen LogP contribution >= 0.6 is 11.3 Å². The number of amides is 4. The van der Waals surface area contributed by atoms with Crippen molar-refractivity contribution in [2.75, 3.05) is 47.5 Å². The van der Waals surface area contributed by atoms with Crippen LogP contribution in [0, 0.1) is 23.2 Å². The van der Waals surface area contributed by atoms with Crippen molar-refractivity contribution >= 4 is 52.0 Å². The number of likely N-dealkylation sites (tertiary alicyclic amines) is 1. The fraction of sp³-hybridized carbons (Fsp3) is 0.562. The number of carbonyl (C=O) groups is 5. The molecule has 0 aliphatic carbocycles. The second-order valence-electron chi connectivity index (χ2n) is 18.9. The molecule has 16 nitrogen and oxygen atoms in total. The molecule has 6 atom stereocenters. The van der Waals surface area contributed by atoms with E-state index >= 15 is 0 Å². The van der Waals surface area contributed by atoms with Crippen LogP contribution in [0.25, 0.3) is 33.4 Å². The van der Waals surface area contributed by atoms with Gasteiger partial charge in [-0.2, -0.15) is 0 Å². The van der Waals surface area contributed by atoms with Crippen LogP contribution in [0.3, 0.4) is 0 Å². The number of nitrogens with one attached hydrogen (secondary N) is 2. The van der Waals surface area contributed by atoms with Gasteiger partial charge in [0.1, 0.15) is 18.1 Å². The third-order valence-electron chi connectivity index (χ3n) is 13.2. The summed E-state index contributed by atoms with van der Waals surface area (Å²) in [5.41, 5.74) is 9.23. The molecular formula is C48H64N8O8S. The predicted octanol–water partition coefficient (Wildman–Crippen LogP) is 6.02. The summed E-state index contributed by atoms with van der Waals surface area (Å²) < 4.78 is 19.1. The first-order valence-electron chi connectivity index (χ1n) is 22.7. The van der Waals surface area contributed by atoms with Gasteiger partial charge in [0.05, 0.1) is 47.8 Å². The van der Waals surface area contributed by atoms with E-state index in [2.05, 4.69) is 60.3 Å². The topological polar surface area (TPSA) is 178 Å². The molecule has 350 valence electrons. The van der Waals surface area contributed by atoms with E-state index in [1.54, 1.807) is 20.4 Å². The molecule has 2 fully saturated rings. The summed E-state index contributed by atoms with van der Waals surface area (Å²) >= 11 is 1.40. The van der Waals surface area contributed by atoms with Crippen LogP contribution in [0.2, 0.25) is 0 Å². The number of hydrogen-bond donors (Lipinski definition) is 2. The Hall–Kier alpha value is -5.39. The van der Waals surface area contributed by atoms with Gasteiger partial charge in [0.15, 0.2) is 0 Å². The van der Waals surface area contributed by atoms with E-state index in [-0.39, 0.29) is 43.4 Å². The van der Waals surface area contributed by atoms with Crippen molar-refractivity contribution < 1.29 is 38.2 Å². The molecule has 3 aromatic heterocycles. The SMILES string of the molecule is CCn1c(-c2cccnc2[C@H](C)OC)c2c3cc(ccc31)-c1csc(n1)C[C@H](NC(=O)C(C(C)C)N(C)C(=O)[C@@H]1CN(C(=O)OC)C[C@@H]1C)C(=O)N1CCC[C@H](N1)C(=O)OCC(C)(C)C2. The molecule has 17 heteroatoms. The third-order valence-corrected chi connectivity index (χ3v) is 14.1. The van der Waals surface area contributed by atoms with Crippen LogP contribution in [0.1, 0.15) is 83.7 Å². The summed E-state index contributed by atoms with van der Waals surface area (Å²) in [6, 6.07) is 7.57. The highest BCUT2D eigenvalue weighted by Gasteiger charge is 2.43. The number of rotatable bonds is 9. The Bertz CT molecular complexity index is 2430. The summed E-state index contributed by atoms with van der Waals surface area (Å²) in [6.45, 7) is 15.6. The van der Waals surface area contributed by atoms with Gasteiger partial charge < -0.3 is 33.9 Å². The van der Waals surface area contributed by atoms with Gasteiger partial charge >= 0.3 is 12.1 Å². The third kappa shape index (κ3) is 9.78. The molecule has 3 aliphatic heterocycles. The van der Waals surface area contributed by atoms with Gasteiger partial charge in [-0.3, -0.25) is 29.2 Å². The van der Waals surface area contributed by atoms with Gasteiger partial charge in [0.25, 0.3) is 5.91 Å². The zero-order valence-corrected chi connectivity index (χ0v) is 40.1. The summed E-state index contributed by atoms with van der Waals surface area (Å²) in [5.74, 6) is -2.67. The predicted molar refractivity (Wildman–Crippen MR) is 247 cm³/mol. The van der Waals surface area contributed by atoms with Crippen LogP contribution in [-0.4, -0.2) is 125 Å². The lowest BCUT2D eigenvalue weighted by atomic mass is 9.84. The number of likely N-dealkylation sites (N-methyl/N-ethyl adjacent to an activating group) is 1. The first-order chi connectivity index (χ1) is 31.0. The minimum absolute atomic E-state index is 0.0677. The quantitative estimate of drug-likeness (QED) is 0.188. The molecule has 4 aromatic rings. The normalized spacial score (nSPS) is 22.3. The molecule has 6 bridgehead atoms. The summed E-state index contributed by atoms with van der Waals surface area (Å²) in [4.78, 5) is 82.2. The summed E-state index contributed by atoms with van der Waals surface area (Å²) in [7, 11) is 4.58.